The van der Waals surface area contributed by atoms with Crippen molar-refractivity contribution in [1.82, 2.24) is 14.3 Å². The third-order valence-corrected chi connectivity index (χ3v) is 5.92. The summed E-state index contributed by atoms with van der Waals surface area (Å²) in [7, 11) is 0. The van der Waals surface area contributed by atoms with Gasteiger partial charge in [-0.2, -0.15) is 0 Å². The van der Waals surface area contributed by atoms with Crippen LogP contribution in [0, 0.1) is 11.6 Å². The van der Waals surface area contributed by atoms with E-state index in [9.17, 15) is 18.4 Å². The van der Waals surface area contributed by atoms with Gasteiger partial charge in [-0.15, -0.1) is 0 Å². The van der Waals surface area contributed by atoms with E-state index in [4.69, 9.17) is 14.5 Å². The van der Waals surface area contributed by atoms with Crippen LogP contribution in [0.25, 0.3) is 5.65 Å². The summed E-state index contributed by atoms with van der Waals surface area (Å²) in [6.45, 7) is 10.4. The van der Waals surface area contributed by atoms with Crippen LogP contribution in [0.5, 0.6) is 5.75 Å². The first kappa shape index (κ1) is 26.4. The third-order valence-electron chi connectivity index (χ3n) is 5.92. The number of pyridine rings is 1. The molecular weight excluding hydrogens is 482 g/mol. The Morgan fingerprint density at radius 3 is 2.41 bits per heavy atom. The highest BCUT2D eigenvalue weighted by molar-refractivity contribution is 6.06. The van der Waals surface area contributed by atoms with Gasteiger partial charge in [0.05, 0.1) is 17.4 Å². The van der Waals surface area contributed by atoms with Crippen LogP contribution in [0.2, 0.25) is 0 Å². The van der Waals surface area contributed by atoms with E-state index in [1.165, 1.54) is 6.07 Å². The molecule has 0 unspecified atom stereocenters. The van der Waals surface area contributed by atoms with E-state index >= 15 is 0 Å². The monoisotopic (exact) mass is 514 g/mol. The van der Waals surface area contributed by atoms with Crippen molar-refractivity contribution in [3.05, 3.63) is 59.6 Å². The molecule has 1 saturated heterocycles. The molecule has 10 heteroatoms. The van der Waals surface area contributed by atoms with Gasteiger partial charge in [-0.3, -0.25) is 4.79 Å². The van der Waals surface area contributed by atoms with Crippen molar-refractivity contribution >= 4 is 23.3 Å². The van der Waals surface area contributed by atoms with Crippen LogP contribution >= 0.6 is 0 Å². The number of imidazole rings is 1. The summed E-state index contributed by atoms with van der Waals surface area (Å²) in [4.78, 5) is 31.9. The number of hydrogen-bond acceptors (Lipinski definition) is 5. The summed E-state index contributed by atoms with van der Waals surface area (Å²) in [5.41, 5.74) is 1.29. The number of carbonyl (C=O) groups excluding carboxylic acids is 2. The highest BCUT2D eigenvalue weighted by atomic mass is 19.2. The highest BCUT2D eigenvalue weighted by Gasteiger charge is 2.29. The lowest BCUT2D eigenvalue weighted by Crippen LogP contribution is -2.41. The summed E-state index contributed by atoms with van der Waals surface area (Å²) >= 11 is 0. The first-order valence-corrected chi connectivity index (χ1v) is 12.3. The molecule has 3 heterocycles. The van der Waals surface area contributed by atoms with E-state index < -0.39 is 23.1 Å². The van der Waals surface area contributed by atoms with Crippen molar-refractivity contribution in [2.75, 3.05) is 18.4 Å². The Kier molecular flexibility index (Phi) is 7.38. The number of amides is 2. The molecule has 0 radical (unpaired) electrons. The predicted octanol–water partition coefficient (Wildman–Crippen LogP) is 5.77. The number of ether oxygens (including phenoxy) is 2. The molecule has 0 saturated carbocycles. The zero-order chi connectivity index (χ0) is 26.9. The van der Waals surface area contributed by atoms with Crippen LogP contribution in [-0.2, 0) is 4.74 Å². The molecule has 8 nitrogen and oxygen atoms in total. The van der Waals surface area contributed by atoms with Crippen LogP contribution in [0.4, 0.5) is 19.3 Å². The van der Waals surface area contributed by atoms with Crippen LogP contribution in [0.1, 0.15) is 69.4 Å². The van der Waals surface area contributed by atoms with E-state index in [2.05, 4.69) is 5.32 Å². The van der Waals surface area contributed by atoms with Crippen LogP contribution in [-0.4, -0.2) is 51.1 Å². The topological polar surface area (TPSA) is 85.2 Å². The Balaban J connectivity index is 1.55. The SMILES string of the molecule is CC(C)Oc1cc2nc(C3CCN(C(=O)OC(C)(C)C)CC3)cn2cc1C(=O)Nc1ccc(F)c(F)c1. The maximum Gasteiger partial charge on any atom is 0.410 e. The van der Waals surface area contributed by atoms with Crippen LogP contribution < -0.4 is 10.1 Å². The number of halogens is 2. The number of piperidine rings is 1. The summed E-state index contributed by atoms with van der Waals surface area (Å²) in [6.07, 6.45) is 4.45. The lowest BCUT2D eigenvalue weighted by atomic mass is 9.94. The molecule has 1 aliphatic rings. The Labute approximate surface area is 214 Å². The van der Waals surface area contributed by atoms with Gasteiger partial charge in [-0.1, -0.05) is 0 Å². The summed E-state index contributed by atoms with van der Waals surface area (Å²) < 4.78 is 40.0. The zero-order valence-corrected chi connectivity index (χ0v) is 21.7. The van der Waals surface area contributed by atoms with Gasteiger partial charge in [0.25, 0.3) is 5.91 Å². The van der Waals surface area contributed by atoms with Gasteiger partial charge in [0.15, 0.2) is 11.6 Å². The number of anilines is 1. The molecule has 2 amide bonds. The molecule has 1 N–H and O–H groups in total. The Morgan fingerprint density at radius 2 is 1.78 bits per heavy atom. The quantitative estimate of drug-likeness (QED) is 0.468. The number of hydrogen-bond donors (Lipinski definition) is 1. The second kappa shape index (κ2) is 10.4. The maximum absolute atomic E-state index is 13.6. The number of rotatable bonds is 5. The molecule has 198 valence electrons. The molecule has 0 bridgehead atoms. The third kappa shape index (κ3) is 6.36. The molecule has 1 fully saturated rings. The minimum Gasteiger partial charge on any atom is -0.490 e. The minimum absolute atomic E-state index is 0.127. The van der Waals surface area contributed by atoms with Gasteiger partial charge in [0, 0.05) is 49.2 Å². The fourth-order valence-electron chi connectivity index (χ4n) is 4.21. The Hall–Kier alpha value is -3.69. The summed E-state index contributed by atoms with van der Waals surface area (Å²) in [5.74, 6) is -2.09. The van der Waals surface area contributed by atoms with Crippen molar-refractivity contribution in [3.63, 3.8) is 0 Å². The van der Waals surface area contributed by atoms with Gasteiger partial charge < -0.3 is 24.1 Å². The minimum atomic E-state index is -1.05. The van der Waals surface area contributed by atoms with Crippen LogP contribution in [0.15, 0.2) is 36.7 Å². The average molecular weight is 515 g/mol. The van der Waals surface area contributed by atoms with Crippen molar-refractivity contribution in [3.8, 4) is 5.75 Å². The lowest BCUT2D eigenvalue weighted by Gasteiger charge is -2.32. The van der Waals surface area contributed by atoms with E-state index in [-0.39, 0.29) is 29.4 Å². The number of nitrogens with one attached hydrogen (secondary N) is 1. The molecule has 0 atom stereocenters. The van der Waals surface area contributed by atoms with Crippen molar-refractivity contribution in [1.29, 1.82) is 0 Å². The lowest BCUT2D eigenvalue weighted by molar-refractivity contribution is 0.0204. The molecule has 37 heavy (non-hydrogen) atoms. The molecule has 0 aliphatic carbocycles. The van der Waals surface area contributed by atoms with E-state index in [1.54, 1.807) is 21.6 Å². The summed E-state index contributed by atoms with van der Waals surface area (Å²) in [5, 5.41) is 2.60. The first-order valence-electron chi connectivity index (χ1n) is 12.3. The van der Waals surface area contributed by atoms with Crippen LogP contribution in [0.3, 0.4) is 0 Å². The maximum atomic E-state index is 13.6. The van der Waals surface area contributed by atoms with E-state index in [0.717, 1.165) is 30.7 Å². The molecule has 1 aromatic carbocycles. The largest absolute Gasteiger partial charge is 0.490 e. The fourth-order valence-corrected chi connectivity index (χ4v) is 4.21. The first-order chi connectivity index (χ1) is 17.4. The molecular formula is C27H32F2N4O4. The van der Waals surface area contributed by atoms with Crippen molar-refractivity contribution in [2.45, 2.75) is 65.1 Å². The molecule has 4 rings (SSSR count). The van der Waals surface area contributed by atoms with Gasteiger partial charge in [-0.25, -0.2) is 18.6 Å². The fraction of sp³-hybridized carbons (Fsp3) is 0.444. The second-order valence-corrected chi connectivity index (χ2v) is 10.5. The number of benzene rings is 1. The number of aromatic nitrogens is 2. The van der Waals surface area contributed by atoms with Crippen molar-refractivity contribution < 1.29 is 27.8 Å². The number of fused-ring (bicyclic) bond motifs is 1. The second-order valence-electron chi connectivity index (χ2n) is 10.5. The normalized spacial score (nSPS) is 14.8. The average Bonchev–Trinajstić information content (AvgIpc) is 3.22. The number of likely N-dealkylation sites (tertiary alicyclic amines) is 1. The van der Waals surface area contributed by atoms with Gasteiger partial charge in [-0.05, 0) is 59.6 Å². The molecule has 2 aromatic heterocycles. The highest BCUT2D eigenvalue weighted by Crippen LogP contribution is 2.30. The standard InChI is InChI=1S/C27H32F2N4O4/c1-16(2)36-23-13-24-31-22(17-8-10-32(11-9-17)26(35)37-27(3,4)5)15-33(24)14-19(23)25(34)30-18-6-7-20(28)21(29)12-18/h6-7,12-17H,8-11H2,1-5H3,(H,30,34). The predicted molar refractivity (Wildman–Crippen MR) is 135 cm³/mol. The van der Waals surface area contributed by atoms with E-state index in [0.29, 0.717) is 24.5 Å². The van der Waals surface area contributed by atoms with Crippen molar-refractivity contribution in [2.24, 2.45) is 0 Å². The zero-order valence-electron chi connectivity index (χ0n) is 21.7. The van der Waals surface area contributed by atoms with E-state index in [1.807, 2.05) is 40.8 Å². The number of carbonyl (C=O) groups is 2. The summed E-state index contributed by atoms with van der Waals surface area (Å²) in [6, 6.07) is 4.86. The van der Waals surface area contributed by atoms with Gasteiger partial charge in [0.2, 0.25) is 0 Å². The van der Waals surface area contributed by atoms with Gasteiger partial charge in [0.1, 0.15) is 17.0 Å². The molecule has 0 spiro atoms. The smallest absolute Gasteiger partial charge is 0.410 e. The number of nitrogens with zero attached hydrogens (tertiary/aromatic N) is 3. The van der Waals surface area contributed by atoms with Gasteiger partial charge >= 0.3 is 6.09 Å². The Morgan fingerprint density at radius 1 is 1.08 bits per heavy atom. The molecule has 3 aromatic rings. The Bertz CT molecular complexity index is 1310. The molecule has 1 aliphatic heterocycles.